The van der Waals surface area contributed by atoms with E-state index in [4.69, 9.17) is 4.74 Å². The van der Waals surface area contributed by atoms with E-state index in [1.54, 1.807) is 7.11 Å². The summed E-state index contributed by atoms with van der Waals surface area (Å²) < 4.78 is 5.17. The first kappa shape index (κ1) is 12.1. The van der Waals surface area contributed by atoms with E-state index in [0.717, 1.165) is 5.75 Å². The van der Waals surface area contributed by atoms with Gasteiger partial charge in [0.2, 0.25) is 0 Å². The third-order valence-corrected chi connectivity index (χ3v) is 2.95. The molecule has 1 nitrogen and oxygen atoms in total. The van der Waals surface area contributed by atoms with Crippen LogP contribution in [0.15, 0.2) is 24.3 Å². The number of hydrogen-bond donors (Lipinski definition) is 0. The summed E-state index contributed by atoms with van der Waals surface area (Å²) in [6, 6.07) is 8.50. The smallest absolute Gasteiger partial charge is 0.118 e. The molecule has 0 fully saturated rings. The van der Waals surface area contributed by atoms with E-state index in [0.29, 0.717) is 11.8 Å². The number of rotatable bonds is 5. The van der Waals surface area contributed by atoms with Crippen LogP contribution in [-0.4, -0.2) is 7.11 Å². The van der Waals surface area contributed by atoms with E-state index in [-0.39, 0.29) is 0 Å². The molecule has 0 bridgehead atoms. The van der Waals surface area contributed by atoms with Crippen LogP contribution in [0.4, 0.5) is 0 Å². The topological polar surface area (TPSA) is 9.23 Å². The zero-order valence-electron chi connectivity index (χ0n) is 10.3. The number of methoxy groups -OCH3 is 1. The summed E-state index contributed by atoms with van der Waals surface area (Å²) in [5.74, 6) is 2.33. The van der Waals surface area contributed by atoms with Gasteiger partial charge < -0.3 is 4.74 Å². The van der Waals surface area contributed by atoms with Crippen LogP contribution in [-0.2, 0) is 0 Å². The predicted octanol–water partition coefficient (Wildman–Crippen LogP) is 4.23. The molecule has 0 radical (unpaired) electrons. The van der Waals surface area contributed by atoms with Crippen molar-refractivity contribution in [3.8, 4) is 5.75 Å². The summed E-state index contributed by atoms with van der Waals surface area (Å²) >= 11 is 0. The van der Waals surface area contributed by atoms with Gasteiger partial charge in [0.15, 0.2) is 0 Å². The molecule has 0 aliphatic heterocycles. The Bertz CT molecular complexity index is 274. The Morgan fingerprint density at radius 1 is 1.13 bits per heavy atom. The first-order valence-corrected chi connectivity index (χ1v) is 5.83. The second-order valence-electron chi connectivity index (χ2n) is 4.41. The highest BCUT2D eigenvalue weighted by atomic mass is 16.5. The van der Waals surface area contributed by atoms with Gasteiger partial charge in [-0.05, 0) is 36.0 Å². The molecule has 1 aromatic carbocycles. The molecule has 0 spiro atoms. The monoisotopic (exact) mass is 206 g/mol. The SMILES string of the molecule is CCCC(c1ccc(OC)cc1)C(C)C. The first-order chi connectivity index (χ1) is 7.19. The Morgan fingerprint density at radius 2 is 1.73 bits per heavy atom. The van der Waals surface area contributed by atoms with Gasteiger partial charge in [0.1, 0.15) is 5.75 Å². The molecule has 84 valence electrons. The molecule has 1 atom stereocenters. The van der Waals surface area contributed by atoms with E-state index in [9.17, 15) is 0 Å². The highest BCUT2D eigenvalue weighted by Gasteiger charge is 2.14. The van der Waals surface area contributed by atoms with Crippen molar-refractivity contribution in [3.63, 3.8) is 0 Å². The van der Waals surface area contributed by atoms with Crippen LogP contribution in [0.2, 0.25) is 0 Å². The molecule has 1 heteroatoms. The maximum Gasteiger partial charge on any atom is 0.118 e. The van der Waals surface area contributed by atoms with Gasteiger partial charge in [-0.25, -0.2) is 0 Å². The summed E-state index contributed by atoms with van der Waals surface area (Å²) in [6.07, 6.45) is 2.51. The van der Waals surface area contributed by atoms with Crippen LogP contribution in [0.1, 0.15) is 45.1 Å². The normalized spacial score (nSPS) is 12.9. The standard InChI is InChI=1S/C14H22O/c1-5-6-14(11(2)3)12-7-9-13(15-4)10-8-12/h7-11,14H,5-6H2,1-4H3. The number of ether oxygens (including phenoxy) is 1. The Hall–Kier alpha value is -0.980. The quantitative estimate of drug-likeness (QED) is 0.700. The Morgan fingerprint density at radius 3 is 2.13 bits per heavy atom. The third-order valence-electron chi connectivity index (χ3n) is 2.95. The fourth-order valence-corrected chi connectivity index (χ4v) is 2.05. The minimum Gasteiger partial charge on any atom is -0.497 e. The molecule has 0 saturated carbocycles. The van der Waals surface area contributed by atoms with Gasteiger partial charge >= 0.3 is 0 Å². The lowest BCUT2D eigenvalue weighted by atomic mass is 9.85. The Labute approximate surface area is 93.5 Å². The molecule has 0 amide bonds. The van der Waals surface area contributed by atoms with Crippen molar-refractivity contribution < 1.29 is 4.74 Å². The molecule has 1 aromatic rings. The maximum absolute atomic E-state index is 5.17. The van der Waals surface area contributed by atoms with Crippen molar-refractivity contribution in [2.45, 2.75) is 39.5 Å². The van der Waals surface area contributed by atoms with Crippen LogP contribution in [0.25, 0.3) is 0 Å². The van der Waals surface area contributed by atoms with Crippen LogP contribution in [0.3, 0.4) is 0 Å². The van der Waals surface area contributed by atoms with Crippen molar-refractivity contribution in [1.29, 1.82) is 0 Å². The summed E-state index contributed by atoms with van der Waals surface area (Å²) in [7, 11) is 1.71. The minimum absolute atomic E-state index is 0.681. The van der Waals surface area contributed by atoms with Crippen molar-refractivity contribution in [2.75, 3.05) is 7.11 Å². The van der Waals surface area contributed by atoms with E-state index >= 15 is 0 Å². The van der Waals surface area contributed by atoms with Gasteiger partial charge in [-0.15, -0.1) is 0 Å². The van der Waals surface area contributed by atoms with Gasteiger partial charge in [0.25, 0.3) is 0 Å². The molecule has 0 N–H and O–H groups in total. The lowest BCUT2D eigenvalue weighted by Gasteiger charge is -2.20. The predicted molar refractivity (Wildman–Crippen MR) is 65.5 cm³/mol. The van der Waals surface area contributed by atoms with E-state index in [1.807, 2.05) is 0 Å². The summed E-state index contributed by atoms with van der Waals surface area (Å²) in [4.78, 5) is 0. The number of hydrogen-bond acceptors (Lipinski definition) is 1. The first-order valence-electron chi connectivity index (χ1n) is 5.83. The third kappa shape index (κ3) is 3.26. The van der Waals surface area contributed by atoms with E-state index in [1.165, 1.54) is 18.4 Å². The Balaban J connectivity index is 2.81. The highest BCUT2D eigenvalue weighted by Crippen LogP contribution is 2.30. The second kappa shape index (κ2) is 5.79. The molecular formula is C14H22O. The summed E-state index contributed by atoms with van der Waals surface area (Å²) in [6.45, 7) is 6.84. The molecule has 1 unspecified atom stereocenters. The molecule has 15 heavy (non-hydrogen) atoms. The van der Waals surface area contributed by atoms with Gasteiger partial charge in [-0.1, -0.05) is 39.3 Å². The van der Waals surface area contributed by atoms with Gasteiger partial charge in [0.05, 0.1) is 7.11 Å². The van der Waals surface area contributed by atoms with Gasteiger partial charge in [-0.3, -0.25) is 0 Å². The van der Waals surface area contributed by atoms with Crippen LogP contribution in [0.5, 0.6) is 5.75 Å². The highest BCUT2D eigenvalue weighted by molar-refractivity contribution is 5.29. The Kier molecular flexibility index (Phi) is 4.67. The van der Waals surface area contributed by atoms with E-state index < -0.39 is 0 Å². The van der Waals surface area contributed by atoms with E-state index in [2.05, 4.69) is 45.0 Å². The molecule has 0 aliphatic rings. The lowest BCUT2D eigenvalue weighted by Crippen LogP contribution is -2.06. The molecule has 0 heterocycles. The summed E-state index contributed by atoms with van der Waals surface area (Å²) in [5, 5.41) is 0. The van der Waals surface area contributed by atoms with Crippen molar-refractivity contribution in [2.24, 2.45) is 5.92 Å². The van der Waals surface area contributed by atoms with Crippen LogP contribution < -0.4 is 4.74 Å². The lowest BCUT2D eigenvalue weighted by molar-refractivity contribution is 0.413. The zero-order chi connectivity index (χ0) is 11.3. The van der Waals surface area contributed by atoms with Gasteiger partial charge in [-0.2, -0.15) is 0 Å². The van der Waals surface area contributed by atoms with Crippen molar-refractivity contribution >= 4 is 0 Å². The van der Waals surface area contributed by atoms with Crippen molar-refractivity contribution in [3.05, 3.63) is 29.8 Å². The molecule has 0 saturated heterocycles. The average molecular weight is 206 g/mol. The molecule has 0 aliphatic carbocycles. The van der Waals surface area contributed by atoms with Crippen LogP contribution >= 0.6 is 0 Å². The molecule has 1 rings (SSSR count). The second-order valence-corrected chi connectivity index (χ2v) is 4.41. The zero-order valence-corrected chi connectivity index (χ0v) is 10.3. The van der Waals surface area contributed by atoms with Crippen LogP contribution in [0, 0.1) is 5.92 Å². The van der Waals surface area contributed by atoms with Crippen molar-refractivity contribution in [1.82, 2.24) is 0 Å². The fourth-order valence-electron chi connectivity index (χ4n) is 2.05. The van der Waals surface area contributed by atoms with Gasteiger partial charge in [0, 0.05) is 0 Å². The average Bonchev–Trinajstić information content (AvgIpc) is 2.26. The number of benzene rings is 1. The fraction of sp³-hybridized carbons (Fsp3) is 0.571. The maximum atomic E-state index is 5.17. The largest absolute Gasteiger partial charge is 0.497 e. The molecule has 0 aromatic heterocycles. The molecular weight excluding hydrogens is 184 g/mol. The summed E-state index contributed by atoms with van der Waals surface area (Å²) in [5.41, 5.74) is 1.44. The minimum atomic E-state index is 0.681.